The summed E-state index contributed by atoms with van der Waals surface area (Å²) in [6.07, 6.45) is 11.6. The van der Waals surface area contributed by atoms with Crippen molar-refractivity contribution in [3.8, 4) is 11.5 Å². The summed E-state index contributed by atoms with van der Waals surface area (Å²) in [5.41, 5.74) is 1.86. The molecule has 0 bridgehead atoms. The van der Waals surface area contributed by atoms with E-state index in [2.05, 4.69) is 40.7 Å². The van der Waals surface area contributed by atoms with Crippen LogP contribution in [-0.2, 0) is 10.2 Å². The number of hydrogen-bond acceptors (Lipinski definition) is 3. The number of rotatable bonds is 9. The SMILES string of the molecule is CCCCCCCCC(C)(C)c1cc(O)c2c(c1)OC(C)(C)[C@@H]1CC=C(C(=O)O)C[C@@H]21. The Kier molecular flexibility index (Phi) is 7.08. The molecular weight excluding hydrogens is 388 g/mol. The lowest BCUT2D eigenvalue weighted by Crippen LogP contribution is -2.46. The van der Waals surface area contributed by atoms with E-state index in [0.29, 0.717) is 18.4 Å². The zero-order valence-electron chi connectivity index (χ0n) is 20.0. The molecule has 0 saturated carbocycles. The fraction of sp³-hybridized carbons (Fsp3) is 0.667. The summed E-state index contributed by atoms with van der Waals surface area (Å²) >= 11 is 0. The second-order valence-corrected chi connectivity index (χ2v) is 10.7. The molecule has 0 unspecified atom stereocenters. The lowest BCUT2D eigenvalue weighted by molar-refractivity contribution is -0.133. The average molecular weight is 429 g/mol. The summed E-state index contributed by atoms with van der Waals surface area (Å²) in [4.78, 5) is 11.6. The molecule has 2 N–H and O–H groups in total. The number of hydrogen-bond donors (Lipinski definition) is 2. The second-order valence-electron chi connectivity index (χ2n) is 10.7. The molecule has 4 heteroatoms. The van der Waals surface area contributed by atoms with Crippen LogP contribution in [0.25, 0.3) is 0 Å². The molecule has 1 aromatic rings. The quantitative estimate of drug-likeness (QED) is 0.412. The first-order valence-corrected chi connectivity index (χ1v) is 12.1. The van der Waals surface area contributed by atoms with E-state index in [1.807, 2.05) is 12.1 Å². The van der Waals surface area contributed by atoms with Crippen molar-refractivity contribution in [1.82, 2.24) is 0 Å². The fourth-order valence-corrected chi connectivity index (χ4v) is 5.45. The molecule has 4 nitrogen and oxygen atoms in total. The van der Waals surface area contributed by atoms with Crippen molar-refractivity contribution < 1.29 is 19.7 Å². The molecule has 2 aliphatic rings. The first-order valence-electron chi connectivity index (χ1n) is 12.1. The monoisotopic (exact) mass is 428 g/mol. The number of benzene rings is 1. The topological polar surface area (TPSA) is 66.8 Å². The van der Waals surface area contributed by atoms with Gasteiger partial charge < -0.3 is 14.9 Å². The van der Waals surface area contributed by atoms with E-state index in [1.165, 1.54) is 38.5 Å². The summed E-state index contributed by atoms with van der Waals surface area (Å²) in [6, 6.07) is 4.00. The Morgan fingerprint density at radius 1 is 1.16 bits per heavy atom. The third kappa shape index (κ3) is 5.10. The van der Waals surface area contributed by atoms with E-state index in [0.717, 1.165) is 23.3 Å². The van der Waals surface area contributed by atoms with Gasteiger partial charge >= 0.3 is 5.97 Å². The maximum atomic E-state index is 11.6. The van der Waals surface area contributed by atoms with E-state index < -0.39 is 11.6 Å². The number of aromatic hydroxyl groups is 1. The number of ether oxygens (including phenoxy) is 1. The van der Waals surface area contributed by atoms with Crippen LogP contribution in [0.2, 0.25) is 0 Å². The second kappa shape index (κ2) is 9.26. The first-order chi connectivity index (χ1) is 14.6. The summed E-state index contributed by atoms with van der Waals surface area (Å²) in [6.45, 7) is 10.9. The van der Waals surface area contributed by atoms with Gasteiger partial charge in [-0.15, -0.1) is 0 Å². The molecule has 0 saturated heterocycles. The standard InChI is InChI=1S/C27H40O4/c1-6-7-8-9-10-11-14-26(2,3)19-16-22(28)24-20-15-18(25(29)30)12-13-21(20)27(4,5)31-23(24)17-19/h12,16-17,20-21,28H,6-11,13-15H2,1-5H3,(H,29,30)/t20-,21-/m1/s1. The molecular formula is C27H40O4. The van der Waals surface area contributed by atoms with Crippen LogP contribution in [0.15, 0.2) is 23.8 Å². The van der Waals surface area contributed by atoms with Crippen molar-refractivity contribution >= 4 is 5.97 Å². The van der Waals surface area contributed by atoms with Crippen molar-refractivity contribution in [3.63, 3.8) is 0 Å². The summed E-state index contributed by atoms with van der Waals surface area (Å²) < 4.78 is 6.43. The molecule has 0 spiro atoms. The van der Waals surface area contributed by atoms with Crippen LogP contribution >= 0.6 is 0 Å². The molecule has 3 rings (SSSR count). The van der Waals surface area contributed by atoms with Gasteiger partial charge in [-0.1, -0.05) is 65.4 Å². The largest absolute Gasteiger partial charge is 0.508 e. The number of aliphatic carboxylic acids is 1. The molecule has 31 heavy (non-hydrogen) atoms. The van der Waals surface area contributed by atoms with Gasteiger partial charge in [-0.25, -0.2) is 4.79 Å². The normalized spacial score (nSPS) is 22.2. The number of fused-ring (bicyclic) bond motifs is 3. The lowest BCUT2D eigenvalue weighted by Gasteiger charge is -2.47. The molecule has 1 heterocycles. The summed E-state index contributed by atoms with van der Waals surface area (Å²) in [5.74, 6) is 0.228. The van der Waals surface area contributed by atoms with Crippen LogP contribution in [0.4, 0.5) is 0 Å². The minimum Gasteiger partial charge on any atom is -0.508 e. The minimum absolute atomic E-state index is 0.0365. The van der Waals surface area contributed by atoms with Gasteiger partial charge in [0.25, 0.3) is 0 Å². The van der Waals surface area contributed by atoms with Gasteiger partial charge in [0.2, 0.25) is 0 Å². The number of unbranched alkanes of at least 4 members (excludes halogenated alkanes) is 5. The number of carbonyl (C=O) groups is 1. The predicted octanol–water partition coefficient (Wildman–Crippen LogP) is 7.10. The highest BCUT2D eigenvalue weighted by atomic mass is 16.5. The van der Waals surface area contributed by atoms with Crippen LogP contribution in [0.1, 0.15) is 109 Å². The van der Waals surface area contributed by atoms with Gasteiger partial charge in [0, 0.05) is 23.0 Å². The Bertz CT molecular complexity index is 834. The van der Waals surface area contributed by atoms with Gasteiger partial charge in [0.05, 0.1) is 0 Å². The molecule has 2 atom stereocenters. The van der Waals surface area contributed by atoms with Crippen LogP contribution in [0.3, 0.4) is 0 Å². The van der Waals surface area contributed by atoms with Crippen molar-refractivity contribution in [2.45, 2.75) is 109 Å². The molecule has 0 amide bonds. The Morgan fingerprint density at radius 2 is 1.84 bits per heavy atom. The number of allylic oxidation sites excluding steroid dienone is 1. The van der Waals surface area contributed by atoms with Crippen LogP contribution in [0.5, 0.6) is 11.5 Å². The van der Waals surface area contributed by atoms with Crippen molar-refractivity contribution in [2.75, 3.05) is 0 Å². The molecule has 0 aromatic heterocycles. The van der Waals surface area contributed by atoms with Crippen LogP contribution in [0, 0.1) is 5.92 Å². The highest BCUT2D eigenvalue weighted by Crippen LogP contribution is 2.55. The third-order valence-corrected chi connectivity index (χ3v) is 7.51. The lowest BCUT2D eigenvalue weighted by atomic mass is 9.66. The molecule has 172 valence electrons. The van der Waals surface area contributed by atoms with Crippen molar-refractivity contribution in [3.05, 3.63) is 34.9 Å². The number of phenolic OH excluding ortho intramolecular Hbond substituents is 1. The Labute approximate surface area is 187 Å². The van der Waals surface area contributed by atoms with E-state index in [4.69, 9.17) is 4.74 Å². The maximum Gasteiger partial charge on any atom is 0.331 e. The first kappa shape index (κ1) is 23.7. The minimum atomic E-state index is -0.861. The molecule has 0 radical (unpaired) electrons. The van der Waals surface area contributed by atoms with Crippen molar-refractivity contribution in [1.29, 1.82) is 0 Å². The number of carboxylic acids is 1. The third-order valence-electron chi connectivity index (χ3n) is 7.51. The fourth-order valence-electron chi connectivity index (χ4n) is 5.45. The number of carboxylic acid groups (broad SMARTS) is 1. The van der Waals surface area contributed by atoms with Gasteiger partial charge in [0.1, 0.15) is 17.1 Å². The molecule has 1 aromatic carbocycles. The van der Waals surface area contributed by atoms with E-state index in [-0.39, 0.29) is 23.0 Å². The van der Waals surface area contributed by atoms with E-state index >= 15 is 0 Å². The molecule has 0 fully saturated rings. The smallest absolute Gasteiger partial charge is 0.331 e. The highest BCUT2D eigenvalue weighted by molar-refractivity contribution is 5.87. The Hall–Kier alpha value is -1.97. The maximum absolute atomic E-state index is 11.6. The average Bonchev–Trinajstić information content (AvgIpc) is 2.69. The summed E-state index contributed by atoms with van der Waals surface area (Å²) in [7, 11) is 0. The van der Waals surface area contributed by atoms with Crippen LogP contribution in [-0.4, -0.2) is 21.8 Å². The van der Waals surface area contributed by atoms with Gasteiger partial charge in [-0.2, -0.15) is 0 Å². The van der Waals surface area contributed by atoms with Gasteiger partial charge in [0.15, 0.2) is 0 Å². The summed E-state index contributed by atoms with van der Waals surface area (Å²) in [5, 5.41) is 20.6. The molecule has 1 aliphatic carbocycles. The van der Waals surface area contributed by atoms with Crippen molar-refractivity contribution in [2.24, 2.45) is 5.92 Å². The predicted molar refractivity (Wildman–Crippen MR) is 125 cm³/mol. The highest BCUT2D eigenvalue weighted by Gasteiger charge is 2.47. The number of phenols is 1. The van der Waals surface area contributed by atoms with Gasteiger partial charge in [-0.3, -0.25) is 0 Å². The Balaban J connectivity index is 1.83. The molecule has 1 aliphatic heterocycles. The zero-order chi connectivity index (χ0) is 22.8. The van der Waals surface area contributed by atoms with E-state index in [1.54, 1.807) is 0 Å². The van der Waals surface area contributed by atoms with Crippen LogP contribution < -0.4 is 4.74 Å². The zero-order valence-corrected chi connectivity index (χ0v) is 20.0. The van der Waals surface area contributed by atoms with Gasteiger partial charge in [-0.05, 0) is 56.2 Å². The van der Waals surface area contributed by atoms with E-state index in [9.17, 15) is 15.0 Å². The Morgan fingerprint density at radius 3 is 2.52 bits per heavy atom.